The van der Waals surface area contributed by atoms with Crippen LogP contribution < -0.4 is 5.32 Å². The summed E-state index contributed by atoms with van der Waals surface area (Å²) in [5, 5.41) is 5.98. The number of ether oxygens (including phenoxy) is 2. The molecule has 0 bridgehead atoms. The summed E-state index contributed by atoms with van der Waals surface area (Å²) in [5.74, 6) is 0.171. The van der Waals surface area contributed by atoms with Crippen LogP contribution in [0.15, 0.2) is 10.4 Å². The summed E-state index contributed by atoms with van der Waals surface area (Å²) in [6, 6.07) is 0. The first-order valence-electron chi connectivity index (χ1n) is 7.36. The van der Waals surface area contributed by atoms with Gasteiger partial charge in [0.15, 0.2) is 5.54 Å². The Balaban J connectivity index is 1.98. The molecule has 0 saturated heterocycles. The van der Waals surface area contributed by atoms with E-state index in [1.807, 2.05) is 26.2 Å². The van der Waals surface area contributed by atoms with E-state index >= 15 is 0 Å². The summed E-state index contributed by atoms with van der Waals surface area (Å²) in [4.78, 5) is 32.4. The Morgan fingerprint density at radius 2 is 2.12 bits per heavy atom. The molecule has 1 aliphatic rings. The highest BCUT2D eigenvalue weighted by molar-refractivity contribution is 8.14. The number of thioether (sulfide) groups is 1. The molecular weight excluding hydrogens is 350 g/mol. The van der Waals surface area contributed by atoms with Gasteiger partial charge in [-0.25, -0.2) is 14.6 Å². The Hall–Kier alpha value is -1.61. The number of aromatic nitrogens is 1. The van der Waals surface area contributed by atoms with Crippen LogP contribution in [0.2, 0.25) is 0 Å². The maximum absolute atomic E-state index is 11.8. The average molecular weight is 371 g/mol. The number of hydrogen-bond acceptors (Lipinski definition) is 8. The number of hydrogen-bond donors (Lipinski definition) is 1. The minimum atomic E-state index is -0.868. The molecule has 2 heterocycles. The van der Waals surface area contributed by atoms with Crippen molar-refractivity contribution in [2.45, 2.75) is 45.4 Å². The van der Waals surface area contributed by atoms with Gasteiger partial charge in [0.1, 0.15) is 21.3 Å². The van der Waals surface area contributed by atoms with Gasteiger partial charge in [-0.1, -0.05) is 0 Å². The number of nitrogens with one attached hydrogen (secondary N) is 1. The highest BCUT2D eigenvalue weighted by Crippen LogP contribution is 2.32. The van der Waals surface area contributed by atoms with Crippen molar-refractivity contribution in [1.82, 2.24) is 10.3 Å². The number of esters is 1. The Morgan fingerprint density at radius 3 is 2.75 bits per heavy atom. The average Bonchev–Trinajstić information content (AvgIpc) is 3.10. The van der Waals surface area contributed by atoms with Crippen molar-refractivity contribution in [3.05, 3.63) is 16.1 Å². The van der Waals surface area contributed by atoms with E-state index in [2.05, 4.69) is 15.3 Å². The van der Waals surface area contributed by atoms with E-state index in [1.165, 1.54) is 30.2 Å². The summed E-state index contributed by atoms with van der Waals surface area (Å²) in [6.07, 6.45) is -0.481. The monoisotopic (exact) mass is 371 g/mol. The zero-order valence-corrected chi connectivity index (χ0v) is 16.0. The van der Waals surface area contributed by atoms with Gasteiger partial charge in [-0.05, 0) is 27.7 Å². The lowest BCUT2D eigenvalue weighted by molar-refractivity contribution is -0.145. The normalized spacial score (nSPS) is 20.5. The van der Waals surface area contributed by atoms with Gasteiger partial charge < -0.3 is 14.8 Å². The van der Waals surface area contributed by atoms with Crippen LogP contribution >= 0.6 is 23.1 Å². The van der Waals surface area contributed by atoms with Crippen LogP contribution in [-0.4, -0.2) is 46.1 Å². The van der Waals surface area contributed by atoms with Crippen LogP contribution in [0.25, 0.3) is 0 Å². The van der Waals surface area contributed by atoms with Gasteiger partial charge in [-0.15, -0.1) is 23.1 Å². The van der Waals surface area contributed by atoms with Crippen molar-refractivity contribution in [2.75, 3.05) is 12.9 Å². The lowest BCUT2D eigenvalue weighted by Gasteiger charge is -2.19. The second-order valence-corrected chi connectivity index (χ2v) is 8.36. The Morgan fingerprint density at radius 1 is 1.42 bits per heavy atom. The van der Waals surface area contributed by atoms with Crippen LogP contribution in [0.5, 0.6) is 0 Å². The van der Waals surface area contributed by atoms with Gasteiger partial charge in [-0.3, -0.25) is 4.99 Å². The summed E-state index contributed by atoms with van der Waals surface area (Å²) in [6.45, 7) is 7.45. The number of carbonyl (C=O) groups is 2. The first-order chi connectivity index (χ1) is 11.1. The second-order valence-electron chi connectivity index (χ2n) is 6.45. The third-order valence-corrected chi connectivity index (χ3v) is 5.15. The van der Waals surface area contributed by atoms with Crippen molar-refractivity contribution in [3.8, 4) is 0 Å². The van der Waals surface area contributed by atoms with Crippen LogP contribution in [0.3, 0.4) is 0 Å². The lowest BCUT2D eigenvalue weighted by Crippen LogP contribution is -2.34. The Labute approximate surface area is 149 Å². The predicted molar refractivity (Wildman–Crippen MR) is 94.6 cm³/mol. The van der Waals surface area contributed by atoms with E-state index in [0.29, 0.717) is 16.5 Å². The molecule has 0 spiro atoms. The SMILES string of the molecule is COC(=O)C1(C)CSC(c2csc(CNC(=O)OC(C)(C)C)n2)=N1. The number of nitrogens with zero attached hydrogens (tertiary/aromatic N) is 2. The van der Waals surface area contributed by atoms with Gasteiger partial charge >= 0.3 is 12.1 Å². The Kier molecular flexibility index (Phi) is 5.54. The van der Waals surface area contributed by atoms with E-state index in [9.17, 15) is 9.59 Å². The van der Waals surface area contributed by atoms with Crippen molar-refractivity contribution >= 4 is 40.2 Å². The number of amides is 1. The number of alkyl carbamates (subject to hydrolysis) is 1. The smallest absolute Gasteiger partial charge is 0.408 e. The number of thiazole rings is 1. The van der Waals surface area contributed by atoms with E-state index in [0.717, 1.165) is 5.01 Å². The van der Waals surface area contributed by atoms with Crippen LogP contribution in [0, 0.1) is 0 Å². The molecule has 1 atom stereocenters. The molecule has 1 amide bonds. The first-order valence-corrected chi connectivity index (χ1v) is 9.22. The molecule has 1 unspecified atom stereocenters. The standard InChI is InChI=1S/C15H21N3O4S2/c1-14(2,3)22-13(20)16-6-10-17-9(7-23-10)11-18-15(4,8-24-11)12(19)21-5/h7H,6,8H2,1-5H3,(H,16,20). The van der Waals surface area contributed by atoms with E-state index in [1.54, 1.807) is 6.92 Å². The van der Waals surface area contributed by atoms with Crippen LogP contribution in [0.1, 0.15) is 38.4 Å². The zero-order valence-electron chi connectivity index (χ0n) is 14.3. The first kappa shape index (κ1) is 18.7. The van der Waals surface area contributed by atoms with Crippen molar-refractivity contribution in [2.24, 2.45) is 4.99 Å². The second kappa shape index (κ2) is 7.10. The third-order valence-electron chi connectivity index (χ3n) is 3.02. The van der Waals surface area contributed by atoms with Gasteiger partial charge in [-0.2, -0.15) is 0 Å². The molecule has 0 radical (unpaired) electrons. The van der Waals surface area contributed by atoms with Crippen LogP contribution in [-0.2, 0) is 20.8 Å². The largest absolute Gasteiger partial charge is 0.467 e. The van der Waals surface area contributed by atoms with Gasteiger partial charge in [0, 0.05) is 11.1 Å². The highest BCUT2D eigenvalue weighted by Gasteiger charge is 2.40. The van der Waals surface area contributed by atoms with E-state index < -0.39 is 17.2 Å². The number of rotatable bonds is 4. The molecule has 0 fully saturated rings. The number of methoxy groups -OCH3 is 1. The van der Waals surface area contributed by atoms with Crippen LogP contribution in [0.4, 0.5) is 4.79 Å². The van der Waals surface area contributed by atoms with E-state index in [4.69, 9.17) is 9.47 Å². The molecule has 1 aromatic rings. The maximum Gasteiger partial charge on any atom is 0.408 e. The van der Waals surface area contributed by atoms with Crippen molar-refractivity contribution in [3.63, 3.8) is 0 Å². The third kappa shape index (κ3) is 4.70. The molecule has 7 nitrogen and oxygen atoms in total. The molecule has 24 heavy (non-hydrogen) atoms. The molecule has 132 valence electrons. The molecule has 0 aliphatic carbocycles. The zero-order chi connectivity index (χ0) is 18.0. The fourth-order valence-corrected chi connectivity index (χ4v) is 3.82. The number of carbonyl (C=O) groups excluding carboxylic acids is 2. The van der Waals surface area contributed by atoms with Crippen molar-refractivity contribution in [1.29, 1.82) is 0 Å². The summed E-state index contributed by atoms with van der Waals surface area (Å²) < 4.78 is 9.97. The molecule has 1 N–H and O–H groups in total. The quantitative estimate of drug-likeness (QED) is 0.818. The minimum absolute atomic E-state index is 0.284. The lowest BCUT2D eigenvalue weighted by atomic mass is 10.1. The van der Waals surface area contributed by atoms with Crippen molar-refractivity contribution < 1.29 is 19.1 Å². The number of aliphatic imine (C=N–C) groups is 1. The van der Waals surface area contributed by atoms with Gasteiger partial charge in [0.25, 0.3) is 0 Å². The maximum atomic E-state index is 11.8. The molecule has 1 aliphatic heterocycles. The summed E-state index contributed by atoms with van der Waals surface area (Å²) >= 11 is 2.89. The summed E-state index contributed by atoms with van der Waals surface area (Å²) in [7, 11) is 1.36. The predicted octanol–water partition coefficient (Wildman–Crippen LogP) is 2.59. The highest BCUT2D eigenvalue weighted by atomic mass is 32.2. The molecule has 0 saturated carbocycles. The topological polar surface area (TPSA) is 89.9 Å². The minimum Gasteiger partial charge on any atom is -0.467 e. The molecular formula is C15H21N3O4S2. The molecule has 9 heteroatoms. The van der Waals surface area contributed by atoms with Gasteiger partial charge in [0.05, 0.1) is 13.7 Å². The molecule has 2 rings (SSSR count). The fraction of sp³-hybridized carbons (Fsp3) is 0.600. The fourth-order valence-electron chi connectivity index (χ4n) is 1.91. The molecule has 1 aromatic heterocycles. The van der Waals surface area contributed by atoms with E-state index in [-0.39, 0.29) is 12.5 Å². The van der Waals surface area contributed by atoms with Gasteiger partial charge in [0.2, 0.25) is 0 Å². The summed E-state index contributed by atoms with van der Waals surface area (Å²) in [5.41, 5.74) is -0.697. The molecule has 0 aromatic carbocycles. The Bertz CT molecular complexity index is 666.